The van der Waals surface area contributed by atoms with Crippen LogP contribution in [0.15, 0.2) is 47.4 Å². The first-order valence-electron chi connectivity index (χ1n) is 10.3. The summed E-state index contributed by atoms with van der Waals surface area (Å²) in [6, 6.07) is 9.58. The summed E-state index contributed by atoms with van der Waals surface area (Å²) in [4.78, 5) is 13.5. The van der Waals surface area contributed by atoms with Crippen molar-refractivity contribution in [3.05, 3.63) is 59.7 Å². The SMILES string of the molecule is CC(C)(C)CCOC1C(=O)N(c2ccc(F)c(F)c2)NCC1c1ccc(S(C)(=O)=O)cc1. The van der Waals surface area contributed by atoms with Crippen LogP contribution in [0.4, 0.5) is 14.5 Å². The number of carbonyl (C=O) groups is 1. The van der Waals surface area contributed by atoms with E-state index in [0.29, 0.717) is 6.61 Å². The van der Waals surface area contributed by atoms with Gasteiger partial charge in [-0.3, -0.25) is 4.79 Å². The first-order chi connectivity index (χ1) is 14.9. The molecule has 32 heavy (non-hydrogen) atoms. The summed E-state index contributed by atoms with van der Waals surface area (Å²) in [6.45, 7) is 6.81. The number of hydrazine groups is 1. The van der Waals surface area contributed by atoms with Gasteiger partial charge in [0.25, 0.3) is 5.91 Å². The van der Waals surface area contributed by atoms with Crippen LogP contribution in [0.3, 0.4) is 0 Å². The second kappa shape index (κ2) is 9.25. The monoisotopic (exact) mass is 466 g/mol. The average molecular weight is 467 g/mol. The van der Waals surface area contributed by atoms with Gasteiger partial charge in [0.05, 0.1) is 10.6 Å². The van der Waals surface area contributed by atoms with Crippen LogP contribution < -0.4 is 10.4 Å². The number of ether oxygens (including phenoxy) is 1. The van der Waals surface area contributed by atoms with Gasteiger partial charge in [-0.15, -0.1) is 0 Å². The maximum Gasteiger partial charge on any atom is 0.271 e. The van der Waals surface area contributed by atoms with Crippen molar-refractivity contribution in [2.75, 3.05) is 24.4 Å². The average Bonchev–Trinajstić information content (AvgIpc) is 2.70. The summed E-state index contributed by atoms with van der Waals surface area (Å²) < 4.78 is 56.7. The van der Waals surface area contributed by atoms with Gasteiger partial charge in [-0.2, -0.15) is 0 Å². The number of carbonyl (C=O) groups excluding carboxylic acids is 1. The second-order valence-electron chi connectivity index (χ2n) is 9.18. The molecule has 1 heterocycles. The van der Waals surface area contributed by atoms with Crippen LogP contribution in [0.5, 0.6) is 0 Å². The third kappa shape index (κ3) is 5.70. The van der Waals surface area contributed by atoms with Crippen LogP contribution in [-0.4, -0.2) is 39.8 Å². The lowest BCUT2D eigenvalue weighted by Crippen LogP contribution is -2.58. The molecule has 0 saturated carbocycles. The number of amides is 1. The van der Waals surface area contributed by atoms with E-state index in [-0.39, 0.29) is 22.5 Å². The molecule has 0 radical (unpaired) electrons. The highest BCUT2D eigenvalue weighted by Gasteiger charge is 2.39. The molecule has 0 bridgehead atoms. The molecule has 1 fully saturated rings. The fourth-order valence-corrected chi connectivity index (χ4v) is 4.08. The zero-order valence-electron chi connectivity index (χ0n) is 18.6. The molecule has 1 aliphatic heterocycles. The van der Waals surface area contributed by atoms with Crippen LogP contribution in [-0.2, 0) is 19.4 Å². The summed E-state index contributed by atoms with van der Waals surface area (Å²) >= 11 is 0. The molecule has 1 amide bonds. The lowest BCUT2D eigenvalue weighted by molar-refractivity contribution is -0.135. The normalized spacial score (nSPS) is 19.9. The first kappa shape index (κ1) is 24.3. The largest absolute Gasteiger partial charge is 0.368 e. The van der Waals surface area contributed by atoms with Gasteiger partial charge in [0, 0.05) is 31.4 Å². The van der Waals surface area contributed by atoms with Gasteiger partial charge in [0.15, 0.2) is 21.5 Å². The Morgan fingerprint density at radius 1 is 1.09 bits per heavy atom. The van der Waals surface area contributed by atoms with Gasteiger partial charge >= 0.3 is 0 Å². The van der Waals surface area contributed by atoms with Gasteiger partial charge < -0.3 is 4.74 Å². The Hall–Kier alpha value is -2.36. The molecule has 2 atom stereocenters. The smallest absolute Gasteiger partial charge is 0.271 e. The van der Waals surface area contributed by atoms with Crippen molar-refractivity contribution in [2.45, 2.75) is 44.1 Å². The van der Waals surface area contributed by atoms with Crippen LogP contribution in [0.2, 0.25) is 0 Å². The predicted octanol–water partition coefficient (Wildman–Crippen LogP) is 3.82. The Bertz CT molecular complexity index is 1080. The molecule has 2 aromatic rings. The number of nitrogens with zero attached hydrogens (tertiary/aromatic N) is 1. The fraction of sp³-hybridized carbons (Fsp3) is 0.435. The van der Waals surface area contributed by atoms with E-state index in [2.05, 4.69) is 26.2 Å². The molecule has 9 heteroatoms. The van der Waals surface area contributed by atoms with E-state index >= 15 is 0 Å². The Morgan fingerprint density at radius 2 is 1.75 bits per heavy atom. The zero-order valence-corrected chi connectivity index (χ0v) is 19.4. The first-order valence-corrected chi connectivity index (χ1v) is 12.2. The molecule has 1 aliphatic rings. The van der Waals surface area contributed by atoms with Crippen molar-refractivity contribution < 1.29 is 26.7 Å². The minimum atomic E-state index is -3.35. The molecular weight excluding hydrogens is 438 g/mol. The number of nitrogens with one attached hydrogen (secondary N) is 1. The van der Waals surface area contributed by atoms with Gasteiger partial charge in [-0.05, 0) is 41.7 Å². The summed E-state index contributed by atoms with van der Waals surface area (Å²) in [5, 5.41) is 1.17. The summed E-state index contributed by atoms with van der Waals surface area (Å²) in [5.74, 6) is -2.88. The second-order valence-corrected chi connectivity index (χ2v) is 11.2. The fourth-order valence-electron chi connectivity index (χ4n) is 3.45. The highest BCUT2D eigenvalue weighted by atomic mass is 32.2. The van der Waals surface area contributed by atoms with Crippen molar-refractivity contribution in [1.29, 1.82) is 0 Å². The van der Waals surface area contributed by atoms with E-state index in [4.69, 9.17) is 4.74 Å². The van der Waals surface area contributed by atoms with Gasteiger partial charge in [0.1, 0.15) is 6.10 Å². The van der Waals surface area contributed by atoms with E-state index < -0.39 is 39.4 Å². The summed E-state index contributed by atoms with van der Waals surface area (Å²) in [6.07, 6.45) is 0.969. The van der Waals surface area contributed by atoms with E-state index in [9.17, 15) is 22.0 Å². The van der Waals surface area contributed by atoms with Gasteiger partial charge in [-0.25, -0.2) is 27.6 Å². The number of sulfone groups is 1. The molecular formula is C23H28F2N2O4S. The Balaban J connectivity index is 1.89. The Morgan fingerprint density at radius 3 is 2.31 bits per heavy atom. The molecule has 0 aromatic heterocycles. The third-order valence-electron chi connectivity index (χ3n) is 5.35. The number of rotatable bonds is 6. The van der Waals surface area contributed by atoms with Crippen molar-refractivity contribution >= 4 is 21.4 Å². The number of benzene rings is 2. The molecule has 0 spiro atoms. The molecule has 174 valence electrons. The highest BCUT2D eigenvalue weighted by molar-refractivity contribution is 7.90. The van der Waals surface area contributed by atoms with E-state index in [0.717, 1.165) is 30.4 Å². The molecule has 1 saturated heterocycles. The quantitative estimate of drug-likeness (QED) is 0.701. The predicted molar refractivity (Wildman–Crippen MR) is 118 cm³/mol. The molecule has 1 N–H and O–H groups in total. The van der Waals surface area contributed by atoms with E-state index in [1.165, 1.54) is 23.2 Å². The minimum Gasteiger partial charge on any atom is -0.368 e. The van der Waals surface area contributed by atoms with Crippen molar-refractivity contribution in [3.8, 4) is 0 Å². The van der Waals surface area contributed by atoms with Gasteiger partial charge in [0.2, 0.25) is 0 Å². The van der Waals surface area contributed by atoms with Crippen molar-refractivity contribution in [3.63, 3.8) is 0 Å². The van der Waals surface area contributed by atoms with Crippen molar-refractivity contribution in [2.24, 2.45) is 5.41 Å². The molecule has 2 unspecified atom stereocenters. The Labute approximate surface area is 187 Å². The molecule has 2 aromatic carbocycles. The summed E-state index contributed by atoms with van der Waals surface area (Å²) in [5.41, 5.74) is 3.87. The third-order valence-corrected chi connectivity index (χ3v) is 6.47. The number of hydrogen-bond donors (Lipinski definition) is 1. The lowest BCUT2D eigenvalue weighted by atomic mass is 9.90. The van der Waals surface area contributed by atoms with Crippen LogP contribution in [0, 0.1) is 17.0 Å². The molecule has 3 rings (SSSR count). The number of hydrogen-bond acceptors (Lipinski definition) is 5. The number of anilines is 1. The van der Waals surface area contributed by atoms with Gasteiger partial charge in [-0.1, -0.05) is 32.9 Å². The minimum absolute atomic E-state index is 0.00235. The standard InChI is InChI=1S/C23H28F2N2O4S/c1-23(2,3)11-12-31-21-18(15-5-8-17(9-6-15)32(4,29)30)14-26-27(22(21)28)16-7-10-19(24)20(25)13-16/h5-10,13,18,21,26H,11-12,14H2,1-4H3. The van der Waals surface area contributed by atoms with E-state index in [1.807, 2.05) is 0 Å². The maximum atomic E-state index is 13.7. The number of halogens is 2. The molecule has 0 aliphatic carbocycles. The zero-order chi connectivity index (χ0) is 23.7. The highest BCUT2D eigenvalue weighted by Crippen LogP contribution is 2.31. The van der Waals surface area contributed by atoms with Crippen LogP contribution >= 0.6 is 0 Å². The van der Waals surface area contributed by atoms with Crippen LogP contribution in [0.1, 0.15) is 38.7 Å². The lowest BCUT2D eigenvalue weighted by Gasteiger charge is -2.38. The van der Waals surface area contributed by atoms with E-state index in [1.54, 1.807) is 12.1 Å². The maximum absolute atomic E-state index is 13.7. The Kier molecular flexibility index (Phi) is 7.02. The summed E-state index contributed by atoms with van der Waals surface area (Å²) in [7, 11) is -3.35. The van der Waals surface area contributed by atoms with Crippen molar-refractivity contribution in [1.82, 2.24) is 5.43 Å². The van der Waals surface area contributed by atoms with Crippen LogP contribution in [0.25, 0.3) is 0 Å². The topological polar surface area (TPSA) is 75.7 Å². The molecule has 6 nitrogen and oxygen atoms in total.